The minimum atomic E-state index is -0.711. The number of hydrogen-bond acceptors (Lipinski definition) is 6. The number of benzene rings is 1. The van der Waals surface area contributed by atoms with Crippen molar-refractivity contribution in [2.75, 3.05) is 0 Å². The monoisotopic (exact) mass is 430 g/mol. The predicted molar refractivity (Wildman–Crippen MR) is 104 cm³/mol. The second-order valence-electron chi connectivity index (χ2n) is 7.70. The lowest BCUT2D eigenvalue weighted by Gasteiger charge is -2.46. The molecule has 0 bridgehead atoms. The number of aromatic nitrogens is 3. The van der Waals surface area contributed by atoms with E-state index < -0.39 is 28.7 Å². The number of aromatic hydroxyl groups is 1. The van der Waals surface area contributed by atoms with Crippen molar-refractivity contribution in [1.29, 1.82) is 0 Å². The molecule has 1 aliphatic heterocycles. The van der Waals surface area contributed by atoms with Crippen LogP contribution in [0.5, 0.6) is 5.75 Å². The number of rotatable bonds is 3. The third-order valence-corrected chi connectivity index (χ3v) is 6.64. The predicted octanol–water partition coefficient (Wildman–Crippen LogP) is 2.61. The molecule has 5 rings (SSSR count). The van der Waals surface area contributed by atoms with E-state index in [1.807, 2.05) is 0 Å². The molecule has 3 aromatic rings. The van der Waals surface area contributed by atoms with Gasteiger partial charge in [0.05, 0.1) is 11.1 Å². The molecule has 0 radical (unpaired) electrons. The van der Waals surface area contributed by atoms with Gasteiger partial charge in [0.15, 0.2) is 16.5 Å². The van der Waals surface area contributed by atoms with Gasteiger partial charge in [-0.25, -0.2) is 8.78 Å². The molecule has 0 unspecified atom stereocenters. The van der Waals surface area contributed by atoms with Crippen LogP contribution in [0.4, 0.5) is 8.78 Å². The van der Waals surface area contributed by atoms with Gasteiger partial charge in [0.2, 0.25) is 5.43 Å². The first-order chi connectivity index (χ1) is 14.3. The largest absolute Gasteiger partial charge is 0.503 e. The Labute approximate surface area is 173 Å². The highest BCUT2D eigenvalue weighted by Gasteiger charge is 2.44. The zero-order chi connectivity index (χ0) is 21.0. The Morgan fingerprint density at radius 1 is 1.23 bits per heavy atom. The van der Waals surface area contributed by atoms with Gasteiger partial charge in [-0.1, -0.05) is 17.4 Å². The standard InChI is InChI=1S/C20H16F2N4O3S/c21-11-3-2-10(13(22)7-11)6-14-24-25-19(30-14)12-8-26-9-20(4-1-5-20)23-18(29)15(26)17(28)16(12)27/h2-3,7-8,28H,1,4-6,9H2,(H,23,29). The van der Waals surface area contributed by atoms with Gasteiger partial charge in [-0.3, -0.25) is 9.59 Å². The van der Waals surface area contributed by atoms with E-state index in [4.69, 9.17) is 0 Å². The fourth-order valence-corrected chi connectivity index (χ4v) is 4.85. The number of nitrogens with zero attached hydrogens (tertiary/aromatic N) is 3. The molecule has 0 atom stereocenters. The summed E-state index contributed by atoms with van der Waals surface area (Å²) in [7, 11) is 0. The van der Waals surface area contributed by atoms with Crippen molar-refractivity contribution in [2.45, 2.75) is 37.8 Å². The third kappa shape index (κ3) is 2.98. The molecule has 1 aliphatic carbocycles. The average molecular weight is 430 g/mol. The van der Waals surface area contributed by atoms with Crippen molar-refractivity contribution in [1.82, 2.24) is 20.1 Å². The highest BCUT2D eigenvalue weighted by atomic mass is 32.1. The number of halogens is 2. The van der Waals surface area contributed by atoms with Crippen molar-refractivity contribution in [3.63, 3.8) is 0 Å². The van der Waals surface area contributed by atoms with Gasteiger partial charge in [-0.05, 0) is 30.9 Å². The molecule has 7 nitrogen and oxygen atoms in total. The molecule has 30 heavy (non-hydrogen) atoms. The van der Waals surface area contributed by atoms with Crippen molar-refractivity contribution < 1.29 is 18.7 Å². The fraction of sp³-hybridized carbons (Fsp3) is 0.300. The molecular weight excluding hydrogens is 414 g/mol. The van der Waals surface area contributed by atoms with E-state index in [0.717, 1.165) is 42.7 Å². The van der Waals surface area contributed by atoms with E-state index in [2.05, 4.69) is 15.5 Å². The van der Waals surface area contributed by atoms with Gasteiger partial charge in [0, 0.05) is 25.2 Å². The maximum atomic E-state index is 13.9. The number of amides is 1. The van der Waals surface area contributed by atoms with Crippen LogP contribution in [0.15, 0.2) is 29.2 Å². The first kappa shape index (κ1) is 18.9. The number of nitrogens with one attached hydrogen (secondary N) is 1. The number of carbonyl (C=O) groups is 1. The zero-order valence-corrected chi connectivity index (χ0v) is 16.4. The van der Waals surface area contributed by atoms with Crippen LogP contribution in [0, 0.1) is 11.6 Å². The SMILES string of the molecule is O=C1NC2(CCC2)Cn2cc(-c3nnc(Cc4ccc(F)cc4F)s3)c(=O)c(O)c21. The molecule has 0 saturated heterocycles. The normalized spacial score (nSPS) is 16.8. The van der Waals surface area contributed by atoms with Crippen molar-refractivity contribution >= 4 is 17.2 Å². The minimum Gasteiger partial charge on any atom is -0.503 e. The maximum Gasteiger partial charge on any atom is 0.272 e. The molecule has 10 heteroatoms. The molecule has 1 fully saturated rings. The Hall–Kier alpha value is -3.14. The Balaban J connectivity index is 1.51. The smallest absolute Gasteiger partial charge is 0.272 e. The van der Waals surface area contributed by atoms with E-state index in [9.17, 15) is 23.5 Å². The van der Waals surface area contributed by atoms with E-state index in [-0.39, 0.29) is 33.8 Å². The van der Waals surface area contributed by atoms with E-state index >= 15 is 0 Å². The lowest BCUT2D eigenvalue weighted by Crippen LogP contribution is -2.60. The second-order valence-corrected chi connectivity index (χ2v) is 8.76. The van der Waals surface area contributed by atoms with Crippen LogP contribution >= 0.6 is 11.3 Å². The van der Waals surface area contributed by atoms with Gasteiger partial charge in [0.1, 0.15) is 16.6 Å². The van der Waals surface area contributed by atoms with Crippen LogP contribution in [0.2, 0.25) is 0 Å². The molecular formula is C20H16F2N4O3S. The van der Waals surface area contributed by atoms with Gasteiger partial charge in [0.25, 0.3) is 5.91 Å². The molecule has 1 amide bonds. The van der Waals surface area contributed by atoms with E-state index in [1.165, 1.54) is 12.3 Å². The molecule has 1 saturated carbocycles. The van der Waals surface area contributed by atoms with Gasteiger partial charge in [-0.15, -0.1) is 10.2 Å². The summed E-state index contributed by atoms with van der Waals surface area (Å²) < 4.78 is 28.6. The zero-order valence-electron chi connectivity index (χ0n) is 15.6. The van der Waals surface area contributed by atoms with Crippen LogP contribution in [0.3, 0.4) is 0 Å². The summed E-state index contributed by atoms with van der Waals surface area (Å²) in [5.74, 6) is -2.44. The number of pyridine rings is 1. The molecule has 1 aromatic carbocycles. The summed E-state index contributed by atoms with van der Waals surface area (Å²) in [6.45, 7) is 0.460. The fourth-order valence-electron chi connectivity index (χ4n) is 3.98. The second kappa shape index (κ2) is 6.69. The number of carbonyl (C=O) groups excluding carboxylic acids is 1. The Kier molecular flexibility index (Phi) is 4.21. The topological polar surface area (TPSA) is 97.1 Å². The summed E-state index contributed by atoms with van der Waals surface area (Å²) in [6.07, 6.45) is 4.31. The molecule has 2 N–H and O–H groups in total. The third-order valence-electron chi connectivity index (χ3n) is 5.69. The molecule has 2 aliphatic rings. The van der Waals surface area contributed by atoms with Crippen LogP contribution in [-0.4, -0.2) is 31.3 Å². The molecule has 154 valence electrons. The Morgan fingerprint density at radius 3 is 2.73 bits per heavy atom. The van der Waals surface area contributed by atoms with E-state index in [0.29, 0.717) is 11.6 Å². The Morgan fingerprint density at radius 2 is 2.03 bits per heavy atom. The quantitative estimate of drug-likeness (QED) is 0.666. The molecule has 1 spiro atoms. The Bertz CT molecular complexity index is 1250. The maximum absolute atomic E-state index is 13.9. The van der Waals surface area contributed by atoms with E-state index in [1.54, 1.807) is 4.57 Å². The van der Waals surface area contributed by atoms with Crippen LogP contribution in [-0.2, 0) is 13.0 Å². The summed E-state index contributed by atoms with van der Waals surface area (Å²) in [6, 6.07) is 3.30. The van der Waals surface area contributed by atoms with Crippen LogP contribution in [0.1, 0.15) is 40.3 Å². The number of hydrogen-bond donors (Lipinski definition) is 2. The van der Waals surface area contributed by atoms with Gasteiger partial charge in [-0.2, -0.15) is 0 Å². The minimum absolute atomic E-state index is 0.0561. The first-order valence-electron chi connectivity index (χ1n) is 9.41. The van der Waals surface area contributed by atoms with Crippen molar-refractivity contribution in [3.8, 4) is 16.3 Å². The molecule has 2 aromatic heterocycles. The molecule has 3 heterocycles. The average Bonchev–Trinajstić information content (AvgIpc) is 3.13. The highest BCUT2D eigenvalue weighted by molar-refractivity contribution is 7.14. The van der Waals surface area contributed by atoms with Crippen molar-refractivity contribution in [2.24, 2.45) is 0 Å². The number of fused-ring (bicyclic) bond motifs is 1. The summed E-state index contributed by atoms with van der Waals surface area (Å²) in [4.78, 5) is 25.1. The first-order valence-corrected chi connectivity index (χ1v) is 10.2. The van der Waals surface area contributed by atoms with Gasteiger partial charge < -0.3 is 15.0 Å². The summed E-state index contributed by atoms with van der Waals surface area (Å²) in [5.41, 5.74) is -0.720. The van der Waals surface area contributed by atoms with Gasteiger partial charge >= 0.3 is 0 Å². The lowest BCUT2D eigenvalue weighted by atomic mass is 9.75. The van der Waals surface area contributed by atoms with Crippen LogP contribution < -0.4 is 10.7 Å². The van der Waals surface area contributed by atoms with Crippen LogP contribution in [0.25, 0.3) is 10.6 Å². The lowest BCUT2D eigenvalue weighted by molar-refractivity contribution is 0.0709. The summed E-state index contributed by atoms with van der Waals surface area (Å²) >= 11 is 1.08. The highest BCUT2D eigenvalue weighted by Crippen LogP contribution is 2.38. The van der Waals surface area contributed by atoms with Crippen molar-refractivity contribution in [3.05, 3.63) is 62.5 Å². The summed E-state index contributed by atoms with van der Waals surface area (Å²) in [5, 5.41) is 22.0.